The zero-order valence-electron chi connectivity index (χ0n) is 11.8. The molecule has 2 N–H and O–H groups in total. The van der Waals surface area contributed by atoms with E-state index in [4.69, 9.17) is 4.74 Å². The van der Waals surface area contributed by atoms with Gasteiger partial charge in [-0.15, -0.1) is 0 Å². The van der Waals surface area contributed by atoms with Crippen LogP contribution in [0.1, 0.15) is 38.5 Å². The van der Waals surface area contributed by atoms with Crippen molar-refractivity contribution < 1.29 is 14.6 Å². The van der Waals surface area contributed by atoms with Gasteiger partial charge in [-0.2, -0.15) is 0 Å². The van der Waals surface area contributed by atoms with E-state index in [1.165, 1.54) is 0 Å². The second-order valence-corrected chi connectivity index (χ2v) is 5.81. The molecule has 5 heteroatoms. The van der Waals surface area contributed by atoms with Crippen molar-refractivity contribution in [2.75, 3.05) is 26.7 Å². The summed E-state index contributed by atoms with van der Waals surface area (Å²) in [4.78, 5) is 13.6. The Labute approximate surface area is 115 Å². The van der Waals surface area contributed by atoms with E-state index in [1.54, 1.807) is 11.9 Å². The molecule has 5 nitrogen and oxygen atoms in total. The van der Waals surface area contributed by atoms with E-state index in [1.807, 2.05) is 0 Å². The van der Waals surface area contributed by atoms with E-state index in [2.05, 4.69) is 5.32 Å². The first kappa shape index (κ1) is 14.6. The zero-order valence-corrected chi connectivity index (χ0v) is 11.8. The predicted molar refractivity (Wildman–Crippen MR) is 73.0 cm³/mol. The highest BCUT2D eigenvalue weighted by molar-refractivity contribution is 5.73. The molecule has 110 valence electrons. The molecule has 1 saturated carbocycles. The second-order valence-electron chi connectivity index (χ2n) is 5.81. The average molecular weight is 270 g/mol. The smallest absolute Gasteiger partial charge is 0.317 e. The summed E-state index contributed by atoms with van der Waals surface area (Å²) in [5, 5.41) is 12.8. The molecule has 2 amide bonds. The van der Waals surface area contributed by atoms with Crippen molar-refractivity contribution in [2.45, 2.75) is 50.7 Å². The Morgan fingerprint density at radius 2 is 2.11 bits per heavy atom. The summed E-state index contributed by atoms with van der Waals surface area (Å²) >= 11 is 0. The van der Waals surface area contributed by atoms with Crippen molar-refractivity contribution >= 4 is 6.03 Å². The Morgan fingerprint density at radius 3 is 2.79 bits per heavy atom. The molecule has 0 spiro atoms. The third-order valence-corrected chi connectivity index (χ3v) is 4.23. The standard InChI is InChI=1S/C14H26N2O3/c1-16(10-11-5-2-3-7-13(11)17)14(18)15-9-12-6-4-8-19-12/h11-13,17H,2-10H2,1H3,(H,15,18). The minimum atomic E-state index is -0.248. The fourth-order valence-electron chi connectivity index (χ4n) is 2.98. The molecule has 0 aromatic carbocycles. The van der Waals surface area contributed by atoms with Crippen molar-refractivity contribution in [3.63, 3.8) is 0 Å². The number of carbonyl (C=O) groups is 1. The van der Waals surface area contributed by atoms with E-state index >= 15 is 0 Å². The summed E-state index contributed by atoms with van der Waals surface area (Å²) in [6.45, 7) is 2.04. The zero-order chi connectivity index (χ0) is 13.7. The number of amides is 2. The van der Waals surface area contributed by atoms with Gasteiger partial charge in [0.05, 0.1) is 12.2 Å². The Morgan fingerprint density at radius 1 is 1.32 bits per heavy atom. The Bertz CT molecular complexity index is 292. The first-order valence-electron chi connectivity index (χ1n) is 7.45. The van der Waals surface area contributed by atoms with Gasteiger partial charge in [0, 0.05) is 32.7 Å². The number of carbonyl (C=O) groups excluding carboxylic acids is 1. The van der Waals surface area contributed by atoms with Crippen LogP contribution >= 0.6 is 0 Å². The van der Waals surface area contributed by atoms with Gasteiger partial charge in [-0.3, -0.25) is 0 Å². The lowest BCUT2D eigenvalue weighted by molar-refractivity contribution is 0.0558. The Balaban J connectivity index is 1.68. The lowest BCUT2D eigenvalue weighted by atomic mass is 9.86. The number of urea groups is 1. The molecule has 1 aliphatic carbocycles. The molecule has 2 fully saturated rings. The van der Waals surface area contributed by atoms with Crippen LogP contribution in [0.25, 0.3) is 0 Å². The van der Waals surface area contributed by atoms with E-state index in [9.17, 15) is 9.90 Å². The first-order valence-corrected chi connectivity index (χ1v) is 7.45. The Kier molecular flexibility index (Phi) is 5.45. The van der Waals surface area contributed by atoms with Crippen LogP contribution < -0.4 is 5.32 Å². The minimum Gasteiger partial charge on any atom is -0.393 e. The maximum atomic E-state index is 12.0. The normalized spacial score (nSPS) is 31.2. The van der Waals surface area contributed by atoms with Crippen LogP contribution in [-0.2, 0) is 4.74 Å². The van der Waals surface area contributed by atoms with Crippen LogP contribution in [0.15, 0.2) is 0 Å². The van der Waals surface area contributed by atoms with Crippen LogP contribution in [-0.4, -0.2) is 55.0 Å². The van der Waals surface area contributed by atoms with Gasteiger partial charge < -0.3 is 20.1 Å². The summed E-state index contributed by atoms with van der Waals surface area (Å²) < 4.78 is 5.48. The lowest BCUT2D eigenvalue weighted by Gasteiger charge is -2.31. The second kappa shape index (κ2) is 7.10. The predicted octanol–water partition coefficient (Wildman–Crippen LogP) is 1.36. The summed E-state index contributed by atoms with van der Waals surface area (Å²) in [5.74, 6) is 0.229. The highest BCUT2D eigenvalue weighted by atomic mass is 16.5. The molecule has 2 rings (SSSR count). The fourth-order valence-corrected chi connectivity index (χ4v) is 2.98. The van der Waals surface area contributed by atoms with Crippen molar-refractivity contribution in [2.24, 2.45) is 5.92 Å². The number of ether oxygens (including phenoxy) is 1. The van der Waals surface area contributed by atoms with Crippen molar-refractivity contribution in [1.29, 1.82) is 0 Å². The molecular weight excluding hydrogens is 244 g/mol. The molecule has 19 heavy (non-hydrogen) atoms. The lowest BCUT2D eigenvalue weighted by Crippen LogP contribution is -2.44. The Hall–Kier alpha value is -0.810. The van der Waals surface area contributed by atoms with Gasteiger partial charge in [0.25, 0.3) is 0 Å². The summed E-state index contributed by atoms with van der Waals surface area (Å²) in [6, 6.07) is -0.0618. The molecule has 1 aliphatic heterocycles. The minimum absolute atomic E-state index is 0.0618. The van der Waals surface area contributed by atoms with Crippen LogP contribution in [0.5, 0.6) is 0 Å². The number of hydrogen-bond acceptors (Lipinski definition) is 3. The number of aliphatic hydroxyl groups is 1. The maximum Gasteiger partial charge on any atom is 0.317 e. The number of nitrogens with one attached hydrogen (secondary N) is 1. The van der Waals surface area contributed by atoms with E-state index in [0.717, 1.165) is 45.1 Å². The van der Waals surface area contributed by atoms with Gasteiger partial charge >= 0.3 is 6.03 Å². The molecule has 0 bridgehead atoms. The largest absolute Gasteiger partial charge is 0.393 e. The van der Waals surface area contributed by atoms with E-state index < -0.39 is 0 Å². The van der Waals surface area contributed by atoms with Gasteiger partial charge in [-0.05, 0) is 25.7 Å². The van der Waals surface area contributed by atoms with E-state index in [0.29, 0.717) is 13.1 Å². The fraction of sp³-hybridized carbons (Fsp3) is 0.929. The molecule has 2 aliphatic rings. The van der Waals surface area contributed by atoms with Crippen LogP contribution in [0, 0.1) is 5.92 Å². The third-order valence-electron chi connectivity index (χ3n) is 4.23. The maximum absolute atomic E-state index is 12.0. The van der Waals surface area contributed by atoms with Crippen molar-refractivity contribution in [3.8, 4) is 0 Å². The van der Waals surface area contributed by atoms with Gasteiger partial charge in [0.2, 0.25) is 0 Å². The first-order chi connectivity index (χ1) is 9.16. The molecule has 3 atom stereocenters. The van der Waals surface area contributed by atoms with Crippen LogP contribution in [0.4, 0.5) is 4.79 Å². The molecule has 1 saturated heterocycles. The number of nitrogens with zero attached hydrogens (tertiary/aromatic N) is 1. The average Bonchev–Trinajstić information content (AvgIpc) is 2.91. The topological polar surface area (TPSA) is 61.8 Å². The molecule has 0 radical (unpaired) electrons. The molecule has 0 aromatic rings. The van der Waals surface area contributed by atoms with Gasteiger partial charge in [-0.1, -0.05) is 12.8 Å². The number of rotatable bonds is 4. The van der Waals surface area contributed by atoms with Gasteiger partial charge in [-0.25, -0.2) is 4.79 Å². The summed E-state index contributed by atoms with van der Waals surface area (Å²) in [5.41, 5.74) is 0. The SMILES string of the molecule is CN(CC1CCCCC1O)C(=O)NCC1CCCO1. The monoisotopic (exact) mass is 270 g/mol. The highest BCUT2D eigenvalue weighted by Gasteiger charge is 2.26. The quantitative estimate of drug-likeness (QED) is 0.811. The molecular formula is C14H26N2O3. The van der Waals surface area contributed by atoms with Crippen LogP contribution in [0.2, 0.25) is 0 Å². The van der Waals surface area contributed by atoms with Crippen molar-refractivity contribution in [3.05, 3.63) is 0 Å². The number of aliphatic hydroxyl groups excluding tert-OH is 1. The van der Waals surface area contributed by atoms with Crippen LogP contribution in [0.3, 0.4) is 0 Å². The van der Waals surface area contributed by atoms with E-state index in [-0.39, 0.29) is 24.2 Å². The third kappa shape index (κ3) is 4.35. The molecule has 1 heterocycles. The highest BCUT2D eigenvalue weighted by Crippen LogP contribution is 2.24. The van der Waals surface area contributed by atoms with Gasteiger partial charge in [0.15, 0.2) is 0 Å². The number of hydrogen-bond donors (Lipinski definition) is 2. The molecule has 3 unspecified atom stereocenters. The van der Waals surface area contributed by atoms with Gasteiger partial charge in [0.1, 0.15) is 0 Å². The molecule has 0 aromatic heterocycles. The summed E-state index contributed by atoms with van der Waals surface area (Å²) in [7, 11) is 1.80. The van der Waals surface area contributed by atoms with Crippen molar-refractivity contribution in [1.82, 2.24) is 10.2 Å². The summed E-state index contributed by atoms with van der Waals surface area (Å²) in [6.07, 6.45) is 6.20.